The van der Waals surface area contributed by atoms with Crippen LogP contribution in [-0.4, -0.2) is 78.2 Å². The monoisotopic (exact) mass is 666 g/mol. The van der Waals surface area contributed by atoms with Crippen molar-refractivity contribution in [1.82, 2.24) is 14.7 Å². The van der Waals surface area contributed by atoms with Gasteiger partial charge in [-0.1, -0.05) is 49.4 Å². The Bertz CT molecular complexity index is 1410. The number of piperidine rings is 3. The van der Waals surface area contributed by atoms with Crippen molar-refractivity contribution in [2.45, 2.75) is 109 Å². The summed E-state index contributed by atoms with van der Waals surface area (Å²) >= 11 is 0. The van der Waals surface area contributed by atoms with Crippen molar-refractivity contribution in [3.8, 4) is 0 Å². The van der Waals surface area contributed by atoms with Gasteiger partial charge in [0.05, 0.1) is 0 Å². The molecule has 49 heavy (non-hydrogen) atoms. The molecule has 3 aliphatic heterocycles. The zero-order valence-electron chi connectivity index (χ0n) is 30.3. The molecule has 0 saturated carbocycles. The highest BCUT2D eigenvalue weighted by Gasteiger charge is 2.32. The Labute approximate surface area is 296 Å². The number of amides is 1. The molecule has 2 aromatic carbocycles. The number of likely N-dealkylation sites (tertiary alicyclic amines) is 3. The number of carbonyl (C=O) groups excluding carboxylic acids is 2. The molecule has 3 fully saturated rings. The lowest BCUT2D eigenvalue weighted by atomic mass is 9.81. The Morgan fingerprint density at radius 1 is 0.918 bits per heavy atom. The number of benzene rings is 2. The van der Waals surface area contributed by atoms with Gasteiger partial charge in [0.25, 0.3) is 0 Å². The predicted octanol–water partition coefficient (Wildman–Crippen LogP) is 7.50. The van der Waals surface area contributed by atoms with Crippen molar-refractivity contribution in [3.63, 3.8) is 0 Å². The molecule has 1 amide bonds. The number of Topliss-reactive ketones (excluding diaryl/α,β-unsaturated/α-hetero) is 1. The molecule has 6 rings (SSSR count). The molecule has 0 aromatic heterocycles. The van der Waals surface area contributed by atoms with Crippen LogP contribution in [0.15, 0.2) is 43.0 Å². The van der Waals surface area contributed by atoms with Crippen molar-refractivity contribution in [2.24, 2.45) is 17.8 Å². The lowest BCUT2D eigenvalue weighted by molar-refractivity contribution is -0.137. The molecule has 0 spiro atoms. The number of hydrogen-bond acceptors (Lipinski definition) is 5. The number of nitrogens with zero attached hydrogens (tertiary/aromatic N) is 3. The minimum Gasteiger partial charge on any atom is -0.398 e. The van der Waals surface area contributed by atoms with Gasteiger partial charge in [0, 0.05) is 43.1 Å². The number of carbonyl (C=O) groups is 2. The van der Waals surface area contributed by atoms with E-state index in [1.54, 1.807) is 0 Å². The van der Waals surface area contributed by atoms with E-state index in [2.05, 4.69) is 64.6 Å². The lowest BCUT2D eigenvalue weighted by Gasteiger charge is -2.41. The molecule has 1 unspecified atom stereocenters. The van der Waals surface area contributed by atoms with Crippen LogP contribution < -0.4 is 5.73 Å². The minimum absolute atomic E-state index is 0.0295. The molecule has 2 aromatic rings. The zero-order chi connectivity index (χ0) is 34.2. The van der Waals surface area contributed by atoms with Gasteiger partial charge in [0.2, 0.25) is 5.91 Å². The highest BCUT2D eigenvalue weighted by atomic mass is 16.2. The van der Waals surface area contributed by atoms with Crippen LogP contribution in [0.4, 0.5) is 5.69 Å². The van der Waals surface area contributed by atoms with Crippen molar-refractivity contribution < 1.29 is 9.59 Å². The Kier molecular flexibility index (Phi) is 12.7. The molecule has 3 heterocycles. The molecule has 0 bridgehead atoms. The first-order valence-corrected chi connectivity index (χ1v) is 19.7. The molecule has 2 atom stereocenters. The Hall–Kier alpha value is -2.96. The van der Waals surface area contributed by atoms with E-state index >= 15 is 0 Å². The van der Waals surface area contributed by atoms with Gasteiger partial charge in [-0.25, -0.2) is 0 Å². The van der Waals surface area contributed by atoms with E-state index in [9.17, 15) is 9.59 Å². The normalized spacial score (nSPS) is 22.7. The summed E-state index contributed by atoms with van der Waals surface area (Å²) in [6.45, 7) is 13.4. The van der Waals surface area contributed by atoms with Crippen LogP contribution in [-0.2, 0) is 28.9 Å². The predicted molar refractivity (Wildman–Crippen MR) is 202 cm³/mol. The average molecular weight is 667 g/mol. The van der Waals surface area contributed by atoms with Crippen LogP contribution in [0, 0.1) is 24.7 Å². The Balaban J connectivity index is 1.02. The van der Waals surface area contributed by atoms with E-state index in [4.69, 9.17) is 5.73 Å². The first kappa shape index (κ1) is 35.9. The summed E-state index contributed by atoms with van der Waals surface area (Å²) in [6, 6.07) is 13.7. The molecule has 3 saturated heterocycles. The number of aryl methyl sites for hydroxylation is 2. The quantitative estimate of drug-likeness (QED) is 0.252. The minimum atomic E-state index is -0.0295. The van der Waals surface area contributed by atoms with Gasteiger partial charge in [0.1, 0.15) is 5.78 Å². The second-order valence-electron chi connectivity index (χ2n) is 15.8. The number of anilines is 1. The number of nitrogens with two attached hydrogens (primary N) is 1. The van der Waals surface area contributed by atoms with Gasteiger partial charge in [-0.2, -0.15) is 0 Å². The topological polar surface area (TPSA) is 69.9 Å². The Morgan fingerprint density at radius 3 is 2.39 bits per heavy atom. The molecular weight excluding hydrogens is 604 g/mol. The van der Waals surface area contributed by atoms with Gasteiger partial charge < -0.3 is 20.4 Å². The summed E-state index contributed by atoms with van der Waals surface area (Å²) < 4.78 is 0. The largest absolute Gasteiger partial charge is 0.398 e. The van der Waals surface area contributed by atoms with Crippen LogP contribution in [0.2, 0.25) is 0 Å². The molecule has 2 N–H and O–H groups in total. The van der Waals surface area contributed by atoms with E-state index < -0.39 is 0 Å². The summed E-state index contributed by atoms with van der Waals surface area (Å²) in [6.07, 6.45) is 17.9. The standard InChI is InChI=1S/C43H62N4O2/c1-3-35-29-34(28-32(2)42(35)44)30-39(43(49)47-26-19-40(20-27-47)46-21-7-4-8-22-46)18-25-45-23-16-33(17-24-45)14-15-38-31-37-11-6-5-10-36(37)12-9-13-41(38)48/h3,5-6,10-11,28-29,33,38-40H,1,4,7-9,12-27,30-31,44H2,2H3/t38?,39-/m1/s1. The number of rotatable bonds is 11. The van der Waals surface area contributed by atoms with Crippen LogP contribution in [0.1, 0.15) is 105 Å². The summed E-state index contributed by atoms with van der Waals surface area (Å²) in [5.41, 5.74) is 13.2. The molecule has 6 heteroatoms. The van der Waals surface area contributed by atoms with E-state index in [-0.39, 0.29) is 11.8 Å². The SMILES string of the molecule is C=Cc1cc(C[C@@H](CCN2CCC(CCC3Cc4ccccc4CCCC3=O)CC2)C(=O)N2CCC(N3CCCCC3)CC2)cc(C)c1N. The second-order valence-corrected chi connectivity index (χ2v) is 15.8. The van der Waals surface area contributed by atoms with Crippen LogP contribution >= 0.6 is 0 Å². The van der Waals surface area contributed by atoms with E-state index in [1.165, 1.54) is 61.9 Å². The summed E-state index contributed by atoms with van der Waals surface area (Å²) in [5, 5.41) is 0. The summed E-state index contributed by atoms with van der Waals surface area (Å²) in [4.78, 5) is 34.8. The lowest BCUT2D eigenvalue weighted by Crippen LogP contribution is -2.49. The highest BCUT2D eigenvalue weighted by Crippen LogP contribution is 2.31. The van der Waals surface area contributed by atoms with E-state index in [0.29, 0.717) is 23.7 Å². The molecule has 1 aliphatic carbocycles. The maximum atomic E-state index is 14.2. The van der Waals surface area contributed by atoms with Crippen LogP contribution in [0.3, 0.4) is 0 Å². The van der Waals surface area contributed by atoms with Crippen molar-refractivity contribution in [2.75, 3.05) is 51.5 Å². The van der Waals surface area contributed by atoms with Crippen LogP contribution in [0.25, 0.3) is 6.08 Å². The number of hydrogen-bond donors (Lipinski definition) is 1. The van der Waals surface area contributed by atoms with Gasteiger partial charge in [0.15, 0.2) is 0 Å². The van der Waals surface area contributed by atoms with Crippen LogP contribution in [0.5, 0.6) is 0 Å². The maximum absolute atomic E-state index is 14.2. The first-order chi connectivity index (χ1) is 23.9. The van der Waals surface area contributed by atoms with Gasteiger partial charge in [-0.3, -0.25) is 9.59 Å². The summed E-state index contributed by atoms with van der Waals surface area (Å²) in [5.74, 6) is 1.66. The van der Waals surface area contributed by atoms with Crippen molar-refractivity contribution in [1.29, 1.82) is 0 Å². The van der Waals surface area contributed by atoms with Gasteiger partial charge in [-0.15, -0.1) is 0 Å². The van der Waals surface area contributed by atoms with Crippen molar-refractivity contribution >= 4 is 23.5 Å². The third-order valence-corrected chi connectivity index (χ3v) is 12.5. The molecule has 4 aliphatic rings. The number of fused-ring (bicyclic) bond motifs is 1. The Morgan fingerprint density at radius 2 is 1.65 bits per heavy atom. The smallest absolute Gasteiger partial charge is 0.226 e. The zero-order valence-corrected chi connectivity index (χ0v) is 30.3. The molecule has 6 nitrogen and oxygen atoms in total. The molecule has 0 radical (unpaired) electrons. The molecular formula is C43H62N4O2. The van der Waals surface area contributed by atoms with Crippen molar-refractivity contribution in [3.05, 3.63) is 70.8 Å². The number of nitrogen functional groups attached to an aromatic ring is 1. The maximum Gasteiger partial charge on any atom is 0.226 e. The third kappa shape index (κ3) is 9.43. The van der Waals surface area contributed by atoms with Gasteiger partial charge >= 0.3 is 0 Å². The first-order valence-electron chi connectivity index (χ1n) is 19.7. The fourth-order valence-electron chi connectivity index (χ4n) is 9.35. The highest BCUT2D eigenvalue weighted by molar-refractivity contribution is 5.81. The summed E-state index contributed by atoms with van der Waals surface area (Å²) in [7, 11) is 0. The third-order valence-electron chi connectivity index (χ3n) is 12.5. The second kappa shape index (κ2) is 17.3. The van der Waals surface area contributed by atoms with E-state index in [1.807, 2.05) is 6.08 Å². The molecule has 266 valence electrons. The van der Waals surface area contributed by atoms with Gasteiger partial charge in [-0.05, 0) is 163 Å². The number of ketones is 1. The van der Waals surface area contributed by atoms with E-state index in [0.717, 1.165) is 114 Å². The fourth-order valence-corrected chi connectivity index (χ4v) is 9.35. The fraction of sp³-hybridized carbons (Fsp3) is 0.628. The average Bonchev–Trinajstić information content (AvgIpc) is 3.13.